The van der Waals surface area contributed by atoms with Crippen LogP contribution < -0.4 is 0 Å². The molecule has 2 N–H and O–H groups in total. The van der Waals surface area contributed by atoms with Crippen LogP contribution in [0.1, 0.15) is 12.0 Å². The molecule has 13 heavy (non-hydrogen) atoms. The molecule has 69 valence electrons. The maximum absolute atomic E-state index is 9.00. The topological polar surface area (TPSA) is 40.5 Å². The van der Waals surface area contributed by atoms with Gasteiger partial charge in [-0.1, -0.05) is 24.3 Å². The van der Waals surface area contributed by atoms with Crippen LogP contribution in [0.25, 0.3) is 6.08 Å². The van der Waals surface area contributed by atoms with Gasteiger partial charge in [-0.05, 0) is 31.0 Å². The normalized spacial score (nSPS) is 13.4. The third kappa shape index (κ3) is 3.76. The molecule has 1 radical (unpaired) electrons. The first kappa shape index (κ1) is 9.81. The minimum absolute atomic E-state index is 0.259. The molecule has 2 heteroatoms. The first-order valence-corrected chi connectivity index (χ1v) is 4.15. The summed E-state index contributed by atoms with van der Waals surface area (Å²) in [6, 6.07) is 6.86. The van der Waals surface area contributed by atoms with Gasteiger partial charge in [-0.15, -0.1) is 0 Å². The molecule has 1 unspecified atom stereocenters. The van der Waals surface area contributed by atoms with Gasteiger partial charge in [0.1, 0.15) is 5.75 Å². The average molecular weight is 177 g/mol. The molecule has 0 saturated heterocycles. The van der Waals surface area contributed by atoms with Gasteiger partial charge in [-0.2, -0.15) is 0 Å². The SMILES string of the molecule is [CH2]C(O)CC=Cc1ccc(O)cc1. The van der Waals surface area contributed by atoms with E-state index in [9.17, 15) is 0 Å². The Morgan fingerprint density at radius 3 is 2.46 bits per heavy atom. The van der Waals surface area contributed by atoms with Crippen LogP contribution in [0.15, 0.2) is 30.3 Å². The van der Waals surface area contributed by atoms with Gasteiger partial charge < -0.3 is 10.2 Å². The summed E-state index contributed by atoms with van der Waals surface area (Å²) in [5.74, 6) is 0.259. The monoisotopic (exact) mass is 177 g/mol. The van der Waals surface area contributed by atoms with Gasteiger partial charge >= 0.3 is 0 Å². The van der Waals surface area contributed by atoms with Crippen molar-refractivity contribution in [3.05, 3.63) is 42.8 Å². The molecule has 0 heterocycles. The highest BCUT2D eigenvalue weighted by Gasteiger charge is 1.90. The third-order valence-corrected chi connectivity index (χ3v) is 1.61. The number of phenolic OH excluding ortho intramolecular Hbond substituents is 1. The summed E-state index contributed by atoms with van der Waals surface area (Å²) in [6.07, 6.45) is 3.73. The van der Waals surface area contributed by atoms with Crippen LogP contribution in [0.5, 0.6) is 5.75 Å². The lowest BCUT2D eigenvalue weighted by Crippen LogP contribution is -1.95. The van der Waals surface area contributed by atoms with E-state index in [1.807, 2.05) is 12.2 Å². The second-order valence-electron chi connectivity index (χ2n) is 2.88. The van der Waals surface area contributed by atoms with Gasteiger partial charge in [0.2, 0.25) is 0 Å². The van der Waals surface area contributed by atoms with Crippen LogP contribution in [0.4, 0.5) is 0 Å². The fourth-order valence-electron chi connectivity index (χ4n) is 0.947. The first-order valence-electron chi connectivity index (χ1n) is 4.15. The summed E-state index contributed by atoms with van der Waals surface area (Å²) in [5, 5.41) is 17.9. The summed E-state index contributed by atoms with van der Waals surface area (Å²) in [4.78, 5) is 0. The van der Waals surface area contributed by atoms with Gasteiger partial charge in [-0.3, -0.25) is 0 Å². The predicted molar refractivity (Wildman–Crippen MR) is 53.1 cm³/mol. The number of aromatic hydroxyl groups is 1. The van der Waals surface area contributed by atoms with Crippen molar-refractivity contribution in [1.29, 1.82) is 0 Å². The number of aliphatic hydroxyl groups excluding tert-OH is 1. The lowest BCUT2D eigenvalue weighted by atomic mass is 10.2. The maximum atomic E-state index is 9.00. The van der Waals surface area contributed by atoms with Crippen molar-refractivity contribution in [2.75, 3.05) is 0 Å². The lowest BCUT2D eigenvalue weighted by molar-refractivity contribution is 0.224. The fraction of sp³-hybridized carbons (Fsp3) is 0.182. The van der Waals surface area contributed by atoms with Crippen molar-refractivity contribution >= 4 is 6.08 Å². The van der Waals surface area contributed by atoms with E-state index in [4.69, 9.17) is 10.2 Å². The lowest BCUT2D eigenvalue weighted by Gasteiger charge is -1.97. The summed E-state index contributed by atoms with van der Waals surface area (Å²) < 4.78 is 0. The molecule has 0 saturated carbocycles. The molecule has 0 amide bonds. The summed E-state index contributed by atoms with van der Waals surface area (Å²) >= 11 is 0. The molecule has 0 bridgehead atoms. The van der Waals surface area contributed by atoms with Crippen LogP contribution in [-0.4, -0.2) is 16.3 Å². The third-order valence-electron chi connectivity index (χ3n) is 1.61. The summed E-state index contributed by atoms with van der Waals surface area (Å²) in [6.45, 7) is 3.45. The van der Waals surface area contributed by atoms with Crippen LogP contribution in [0.2, 0.25) is 0 Å². The Morgan fingerprint density at radius 2 is 1.92 bits per heavy atom. The second kappa shape index (κ2) is 4.67. The van der Waals surface area contributed by atoms with E-state index >= 15 is 0 Å². The molecular formula is C11H13O2. The fourth-order valence-corrected chi connectivity index (χ4v) is 0.947. The molecular weight excluding hydrogens is 164 g/mol. The van der Waals surface area contributed by atoms with E-state index in [0.29, 0.717) is 6.42 Å². The minimum atomic E-state index is -0.548. The van der Waals surface area contributed by atoms with E-state index in [0.717, 1.165) is 5.56 Å². The zero-order chi connectivity index (χ0) is 9.68. The molecule has 0 aliphatic rings. The number of benzene rings is 1. The smallest absolute Gasteiger partial charge is 0.115 e. The molecule has 2 nitrogen and oxygen atoms in total. The number of rotatable bonds is 3. The molecule has 1 rings (SSSR count). The van der Waals surface area contributed by atoms with E-state index in [-0.39, 0.29) is 5.75 Å². The van der Waals surface area contributed by atoms with Crippen LogP contribution in [0, 0.1) is 6.92 Å². The molecule has 0 aromatic heterocycles. The van der Waals surface area contributed by atoms with Crippen molar-refractivity contribution in [2.24, 2.45) is 0 Å². The molecule has 0 spiro atoms. The zero-order valence-electron chi connectivity index (χ0n) is 7.35. The standard InChI is InChI=1S/C11H13O2/c1-9(12)3-2-4-10-5-7-11(13)8-6-10/h2,4-9,12-13H,1,3H2. The molecule has 1 atom stereocenters. The Morgan fingerprint density at radius 1 is 1.31 bits per heavy atom. The highest BCUT2D eigenvalue weighted by Crippen LogP contribution is 2.11. The Bertz CT molecular complexity index is 273. The maximum Gasteiger partial charge on any atom is 0.115 e. The van der Waals surface area contributed by atoms with Gasteiger partial charge in [0.25, 0.3) is 0 Å². The van der Waals surface area contributed by atoms with Gasteiger partial charge in [0.15, 0.2) is 0 Å². The summed E-state index contributed by atoms with van der Waals surface area (Å²) in [5.41, 5.74) is 0.999. The molecule has 1 aromatic rings. The van der Waals surface area contributed by atoms with E-state index < -0.39 is 6.10 Å². The van der Waals surface area contributed by atoms with Gasteiger partial charge in [-0.25, -0.2) is 0 Å². The Hall–Kier alpha value is -1.28. The second-order valence-corrected chi connectivity index (χ2v) is 2.88. The van der Waals surface area contributed by atoms with Crippen molar-refractivity contribution in [2.45, 2.75) is 12.5 Å². The van der Waals surface area contributed by atoms with Gasteiger partial charge in [0.05, 0.1) is 6.10 Å². The Labute approximate surface area is 78.2 Å². The first-order chi connectivity index (χ1) is 6.18. The number of phenols is 1. The van der Waals surface area contributed by atoms with Gasteiger partial charge in [0, 0.05) is 0 Å². The van der Waals surface area contributed by atoms with Crippen LogP contribution in [-0.2, 0) is 0 Å². The highest BCUT2D eigenvalue weighted by atomic mass is 16.3. The highest BCUT2D eigenvalue weighted by molar-refractivity contribution is 5.50. The van der Waals surface area contributed by atoms with E-state index in [1.165, 1.54) is 0 Å². The number of hydrogen-bond acceptors (Lipinski definition) is 2. The van der Waals surface area contributed by atoms with E-state index in [1.54, 1.807) is 24.3 Å². The molecule has 0 aliphatic carbocycles. The Balaban J connectivity index is 2.54. The van der Waals surface area contributed by atoms with Crippen molar-refractivity contribution in [3.8, 4) is 5.75 Å². The number of aliphatic hydroxyl groups is 1. The van der Waals surface area contributed by atoms with E-state index in [2.05, 4.69) is 6.92 Å². The van der Waals surface area contributed by atoms with Crippen molar-refractivity contribution in [3.63, 3.8) is 0 Å². The molecule has 0 fully saturated rings. The largest absolute Gasteiger partial charge is 0.508 e. The zero-order valence-corrected chi connectivity index (χ0v) is 7.35. The minimum Gasteiger partial charge on any atom is -0.508 e. The van der Waals surface area contributed by atoms with Crippen LogP contribution >= 0.6 is 0 Å². The summed E-state index contributed by atoms with van der Waals surface area (Å²) in [7, 11) is 0. The van der Waals surface area contributed by atoms with Crippen molar-refractivity contribution in [1.82, 2.24) is 0 Å². The Kier molecular flexibility index (Phi) is 3.53. The average Bonchev–Trinajstić information content (AvgIpc) is 2.08. The van der Waals surface area contributed by atoms with Crippen molar-refractivity contribution < 1.29 is 10.2 Å². The predicted octanol–water partition coefficient (Wildman–Crippen LogP) is 1.99. The number of hydrogen-bond donors (Lipinski definition) is 2. The van der Waals surface area contributed by atoms with Crippen LogP contribution in [0.3, 0.4) is 0 Å². The molecule has 1 aromatic carbocycles. The quantitative estimate of drug-likeness (QED) is 0.741. The molecule has 0 aliphatic heterocycles.